The number of ether oxygens (including phenoxy) is 2. The van der Waals surface area contributed by atoms with Gasteiger partial charge in [0.25, 0.3) is 10.0 Å². The monoisotopic (exact) mass is 422 g/mol. The Morgan fingerprint density at radius 1 is 1.17 bits per heavy atom. The second-order valence-corrected chi connectivity index (χ2v) is 9.63. The number of hydrogen-bond donors (Lipinski definition) is 0. The van der Waals surface area contributed by atoms with Crippen LogP contribution in [0.2, 0.25) is 0 Å². The molecule has 0 unspecified atom stereocenters. The number of halogens is 1. The molecule has 1 aromatic rings. The number of benzene rings is 1. The summed E-state index contributed by atoms with van der Waals surface area (Å²) in [5.41, 5.74) is 2.16. The van der Waals surface area contributed by atoms with Gasteiger partial charge in [0.05, 0.1) is 30.3 Å². The Bertz CT molecular complexity index is 921. The van der Waals surface area contributed by atoms with E-state index in [9.17, 15) is 12.8 Å². The average Bonchev–Trinajstić information content (AvgIpc) is 2.69. The number of nitrogens with zero attached hydrogens (tertiary/aromatic N) is 2. The number of sulfonamides is 1. The number of rotatable bonds is 1. The molecule has 4 aliphatic rings. The van der Waals surface area contributed by atoms with Crippen molar-refractivity contribution in [2.75, 3.05) is 26.0 Å². The van der Waals surface area contributed by atoms with E-state index >= 15 is 0 Å². The fourth-order valence-corrected chi connectivity index (χ4v) is 5.05. The average molecular weight is 423 g/mol. The fraction of sp³-hybridized carbons (Fsp3) is 0.571. The summed E-state index contributed by atoms with van der Waals surface area (Å²) in [6.07, 6.45) is 7.77. The minimum absolute atomic E-state index is 0.0701. The minimum atomic E-state index is -3.50. The summed E-state index contributed by atoms with van der Waals surface area (Å²) < 4.78 is 54.0. The van der Waals surface area contributed by atoms with E-state index < -0.39 is 10.0 Å². The second kappa shape index (κ2) is 8.34. The molecule has 0 radical (unpaired) electrons. The molecule has 2 bridgehead atoms. The van der Waals surface area contributed by atoms with Crippen molar-refractivity contribution in [1.29, 1.82) is 0 Å². The lowest BCUT2D eigenvalue weighted by Crippen LogP contribution is -2.37. The molecule has 3 heterocycles. The Kier molecular flexibility index (Phi) is 5.81. The molecule has 1 aromatic carbocycles. The van der Waals surface area contributed by atoms with Gasteiger partial charge in [-0.25, -0.2) is 12.8 Å². The van der Waals surface area contributed by atoms with Gasteiger partial charge in [-0.3, -0.25) is 0 Å². The van der Waals surface area contributed by atoms with Crippen LogP contribution in [0, 0.1) is 5.82 Å². The van der Waals surface area contributed by atoms with Gasteiger partial charge in [0.15, 0.2) is 11.6 Å². The highest BCUT2D eigenvalue weighted by atomic mass is 32.2. The largest absolute Gasteiger partial charge is 0.496 e. The molecular weight excluding hydrogens is 395 g/mol. The van der Waals surface area contributed by atoms with E-state index in [1.807, 2.05) is 11.0 Å². The second-order valence-electron chi connectivity index (χ2n) is 7.98. The van der Waals surface area contributed by atoms with Crippen molar-refractivity contribution in [3.05, 3.63) is 41.5 Å². The van der Waals surface area contributed by atoms with Gasteiger partial charge in [-0.2, -0.15) is 4.40 Å². The Morgan fingerprint density at radius 2 is 1.97 bits per heavy atom. The zero-order chi connectivity index (χ0) is 20.4. The van der Waals surface area contributed by atoms with Gasteiger partial charge >= 0.3 is 0 Å². The molecule has 3 aliphatic heterocycles. The third-order valence-corrected chi connectivity index (χ3v) is 6.40. The van der Waals surface area contributed by atoms with Crippen LogP contribution < -0.4 is 4.74 Å². The topological polar surface area (TPSA) is 68.2 Å². The maximum Gasteiger partial charge on any atom is 0.250 e. The van der Waals surface area contributed by atoms with Crippen LogP contribution in [-0.4, -0.2) is 51.1 Å². The summed E-state index contributed by atoms with van der Waals surface area (Å²) in [6.45, 7) is 1.55. The summed E-state index contributed by atoms with van der Waals surface area (Å²) >= 11 is 0. The van der Waals surface area contributed by atoms with E-state index in [0.717, 1.165) is 50.5 Å². The summed E-state index contributed by atoms with van der Waals surface area (Å²) in [6, 6.07) is 5.15. The zero-order valence-corrected chi connectivity index (χ0v) is 17.5. The maximum absolute atomic E-state index is 14.5. The Hall–Kier alpha value is -2.09. The minimum Gasteiger partial charge on any atom is -0.496 e. The molecule has 0 amide bonds. The molecule has 29 heavy (non-hydrogen) atoms. The normalized spacial score (nSPS) is 28.6. The fourth-order valence-electron chi connectivity index (χ4n) is 4.46. The van der Waals surface area contributed by atoms with Crippen molar-refractivity contribution in [2.24, 2.45) is 4.40 Å². The van der Waals surface area contributed by atoms with E-state index in [4.69, 9.17) is 9.47 Å². The predicted molar refractivity (Wildman–Crippen MR) is 109 cm³/mol. The highest BCUT2D eigenvalue weighted by Crippen LogP contribution is 2.40. The molecule has 2 fully saturated rings. The highest BCUT2D eigenvalue weighted by molar-refractivity contribution is 7.89. The van der Waals surface area contributed by atoms with Crippen molar-refractivity contribution in [3.8, 4) is 5.75 Å². The van der Waals surface area contributed by atoms with E-state index in [0.29, 0.717) is 36.7 Å². The number of fused-ring (bicyclic) bond motifs is 5. The smallest absolute Gasteiger partial charge is 0.250 e. The van der Waals surface area contributed by atoms with E-state index in [1.54, 1.807) is 12.3 Å². The standard InChI is InChI=1S/C21H27FN2O4S/c1-29(25,26)23-19-6-3-11-24-12-13-27-21-17(4-2-5-18(21)22)15-7-9-16(10-8-15)28-14-20(19)24/h2,4-5,14-16H,3,6-13H2,1H3/b20-14-,23-19+. The number of allylic oxidation sites excluding steroid dienone is 1. The first kappa shape index (κ1) is 20.2. The molecule has 0 spiro atoms. The quantitative estimate of drug-likeness (QED) is 0.692. The van der Waals surface area contributed by atoms with Crippen LogP contribution in [0.15, 0.2) is 34.6 Å². The van der Waals surface area contributed by atoms with Gasteiger partial charge in [0.2, 0.25) is 0 Å². The lowest BCUT2D eigenvalue weighted by atomic mass is 9.82. The molecule has 8 heteroatoms. The van der Waals surface area contributed by atoms with Crippen LogP contribution in [0.5, 0.6) is 5.75 Å². The first-order valence-electron chi connectivity index (χ1n) is 10.2. The first-order valence-corrected chi connectivity index (χ1v) is 12.1. The van der Waals surface area contributed by atoms with Crippen molar-refractivity contribution in [3.63, 3.8) is 0 Å². The molecule has 0 N–H and O–H groups in total. The molecule has 1 saturated heterocycles. The first-order chi connectivity index (χ1) is 13.9. The number of para-hydroxylation sites is 1. The van der Waals surface area contributed by atoms with Crippen LogP contribution in [0.4, 0.5) is 4.39 Å². The summed E-state index contributed by atoms with van der Waals surface area (Å²) in [5.74, 6) is 0.284. The zero-order valence-electron chi connectivity index (χ0n) is 16.6. The predicted octanol–water partition coefficient (Wildman–Crippen LogP) is 3.60. The maximum atomic E-state index is 14.5. The molecule has 1 aliphatic carbocycles. The molecule has 0 atom stereocenters. The van der Waals surface area contributed by atoms with E-state index in [1.165, 1.54) is 6.07 Å². The number of piperidine rings is 1. The summed E-state index contributed by atoms with van der Waals surface area (Å²) in [7, 11) is -3.50. The third-order valence-electron chi connectivity index (χ3n) is 5.85. The van der Waals surface area contributed by atoms with Crippen LogP contribution >= 0.6 is 0 Å². The molecule has 0 aromatic heterocycles. The van der Waals surface area contributed by atoms with Crippen molar-refractivity contribution in [2.45, 2.75) is 50.5 Å². The van der Waals surface area contributed by atoms with Crippen molar-refractivity contribution < 1.29 is 22.3 Å². The van der Waals surface area contributed by atoms with Gasteiger partial charge in [0.1, 0.15) is 12.9 Å². The van der Waals surface area contributed by atoms with Crippen LogP contribution in [0.3, 0.4) is 0 Å². The van der Waals surface area contributed by atoms with E-state index in [-0.39, 0.29) is 17.8 Å². The Balaban J connectivity index is 1.67. The third kappa shape index (κ3) is 4.74. The van der Waals surface area contributed by atoms with Crippen LogP contribution in [0.25, 0.3) is 0 Å². The molecule has 6 nitrogen and oxygen atoms in total. The summed E-state index contributed by atoms with van der Waals surface area (Å²) in [5, 5.41) is 0. The van der Waals surface area contributed by atoms with Crippen molar-refractivity contribution in [1.82, 2.24) is 4.90 Å². The molecule has 1 saturated carbocycles. The van der Waals surface area contributed by atoms with Crippen LogP contribution in [0.1, 0.15) is 50.0 Å². The van der Waals surface area contributed by atoms with Crippen LogP contribution in [-0.2, 0) is 14.8 Å². The molecular formula is C21H27FN2O4S. The van der Waals surface area contributed by atoms with Crippen molar-refractivity contribution >= 4 is 15.7 Å². The molecule has 158 valence electrons. The Morgan fingerprint density at radius 3 is 2.72 bits per heavy atom. The van der Waals surface area contributed by atoms with E-state index in [2.05, 4.69) is 4.40 Å². The highest BCUT2D eigenvalue weighted by Gasteiger charge is 2.29. The van der Waals surface area contributed by atoms with Gasteiger partial charge in [-0.1, -0.05) is 12.1 Å². The van der Waals surface area contributed by atoms with Gasteiger partial charge in [-0.05, 0) is 50.5 Å². The summed E-state index contributed by atoms with van der Waals surface area (Å²) in [4.78, 5) is 2.03. The van der Waals surface area contributed by atoms with Gasteiger partial charge < -0.3 is 14.4 Å². The lowest BCUT2D eigenvalue weighted by molar-refractivity contribution is 0.0952. The Labute approximate surface area is 171 Å². The lowest BCUT2D eigenvalue weighted by Gasteiger charge is -2.32. The van der Waals surface area contributed by atoms with Gasteiger partial charge in [-0.15, -0.1) is 0 Å². The molecule has 5 rings (SSSR count). The SMILES string of the molecule is CS(=O)(=O)/N=C1CCCN2CCOc3c(F)cccc3C3CCC(CC3)O\C=C\12. The number of hydrogen-bond acceptors (Lipinski definition) is 5. The van der Waals surface area contributed by atoms with Gasteiger partial charge in [0, 0.05) is 12.1 Å².